The molecule has 0 atom stereocenters. The van der Waals surface area contributed by atoms with E-state index in [9.17, 15) is 13.2 Å². The van der Waals surface area contributed by atoms with Gasteiger partial charge < -0.3 is 10.1 Å². The van der Waals surface area contributed by atoms with Crippen molar-refractivity contribution < 1.29 is 17.9 Å². The molecule has 0 fully saturated rings. The van der Waals surface area contributed by atoms with Crippen LogP contribution in [0.15, 0.2) is 24.3 Å². The van der Waals surface area contributed by atoms with Crippen LogP contribution < -0.4 is 5.32 Å². The Morgan fingerprint density at radius 3 is 2.68 bits per heavy atom. The van der Waals surface area contributed by atoms with Crippen LogP contribution in [0.2, 0.25) is 0 Å². The fraction of sp³-hybridized carbons (Fsp3) is 0.429. The van der Waals surface area contributed by atoms with Crippen molar-refractivity contribution in [2.45, 2.75) is 6.42 Å². The maximum Gasteiger partial charge on any atom is 0.239 e. The predicted molar refractivity (Wildman–Crippen MR) is 82.7 cm³/mol. The molecule has 0 aromatic heterocycles. The van der Waals surface area contributed by atoms with Crippen LogP contribution in [-0.2, 0) is 19.6 Å². The van der Waals surface area contributed by atoms with Gasteiger partial charge in [0.25, 0.3) is 0 Å². The highest BCUT2D eigenvalue weighted by Gasteiger charge is 2.20. The first-order valence-corrected chi connectivity index (χ1v) is 8.46. The Morgan fingerprint density at radius 2 is 2.09 bits per heavy atom. The Kier molecular flexibility index (Phi) is 6.98. The van der Waals surface area contributed by atoms with Gasteiger partial charge in [0.05, 0.1) is 24.1 Å². The first-order chi connectivity index (χ1) is 10.4. The minimum atomic E-state index is -3.50. The topological polar surface area (TPSA) is 99.5 Å². The van der Waals surface area contributed by atoms with E-state index in [0.29, 0.717) is 24.3 Å². The lowest BCUT2D eigenvalue weighted by Crippen LogP contribution is -2.38. The van der Waals surface area contributed by atoms with Crippen LogP contribution in [0, 0.1) is 11.3 Å². The number of para-hydroxylation sites is 1. The van der Waals surface area contributed by atoms with E-state index >= 15 is 0 Å². The normalized spacial score (nSPS) is 11.2. The molecule has 0 bridgehead atoms. The Bertz CT molecular complexity index is 652. The Labute approximate surface area is 130 Å². The van der Waals surface area contributed by atoms with Gasteiger partial charge >= 0.3 is 0 Å². The molecule has 1 aromatic carbocycles. The number of hydrogen-bond acceptors (Lipinski definition) is 5. The summed E-state index contributed by atoms with van der Waals surface area (Å²) in [7, 11) is -1.97. The second-order valence-corrected chi connectivity index (χ2v) is 6.63. The number of nitrogens with zero attached hydrogens (tertiary/aromatic N) is 2. The van der Waals surface area contributed by atoms with Gasteiger partial charge in [-0.05, 0) is 18.6 Å². The molecule has 0 heterocycles. The Morgan fingerprint density at radius 1 is 1.41 bits per heavy atom. The summed E-state index contributed by atoms with van der Waals surface area (Å²) in [5, 5.41) is 11.5. The van der Waals surface area contributed by atoms with Gasteiger partial charge in [0.15, 0.2) is 0 Å². The number of amides is 1. The first kappa shape index (κ1) is 18.1. The van der Waals surface area contributed by atoms with Gasteiger partial charge in [-0.2, -0.15) is 9.57 Å². The molecule has 1 N–H and O–H groups in total. The summed E-state index contributed by atoms with van der Waals surface area (Å²) >= 11 is 0. The molecule has 0 spiro atoms. The number of ether oxygens (including phenoxy) is 1. The summed E-state index contributed by atoms with van der Waals surface area (Å²) in [5.74, 6) is -0.495. The molecule has 22 heavy (non-hydrogen) atoms. The van der Waals surface area contributed by atoms with Crippen LogP contribution in [-0.4, -0.2) is 51.7 Å². The number of carbonyl (C=O) groups excluding carboxylic acids is 1. The zero-order valence-corrected chi connectivity index (χ0v) is 13.4. The highest BCUT2D eigenvalue weighted by atomic mass is 32.2. The number of carbonyl (C=O) groups is 1. The number of rotatable bonds is 8. The van der Waals surface area contributed by atoms with E-state index in [1.165, 1.54) is 7.11 Å². The number of sulfonamides is 1. The molecule has 0 unspecified atom stereocenters. The second kappa shape index (κ2) is 8.48. The molecule has 8 heteroatoms. The van der Waals surface area contributed by atoms with Crippen LogP contribution in [0.4, 0.5) is 5.69 Å². The summed E-state index contributed by atoms with van der Waals surface area (Å²) < 4.78 is 29.3. The number of anilines is 1. The Balaban J connectivity index is 2.73. The van der Waals surface area contributed by atoms with E-state index in [1.807, 2.05) is 6.07 Å². The second-order valence-electron chi connectivity index (χ2n) is 4.65. The minimum absolute atomic E-state index is 0.194. The summed E-state index contributed by atoms with van der Waals surface area (Å²) in [5.41, 5.74) is 0.682. The zero-order valence-electron chi connectivity index (χ0n) is 12.6. The molecular formula is C14H19N3O4S. The van der Waals surface area contributed by atoms with Crippen LogP contribution in [0.25, 0.3) is 0 Å². The standard InChI is InChI=1S/C14H19N3O4S/c1-21-9-5-8-17(22(2,19)20)11-14(18)16-13-7-4-3-6-12(13)10-15/h3-4,6-7H,5,8-9,11H2,1-2H3,(H,16,18). The van der Waals surface area contributed by atoms with E-state index in [4.69, 9.17) is 10.00 Å². The number of benzene rings is 1. The summed E-state index contributed by atoms with van der Waals surface area (Å²) in [6.07, 6.45) is 1.54. The molecule has 0 aliphatic heterocycles. The van der Waals surface area contributed by atoms with E-state index in [2.05, 4.69) is 5.32 Å². The van der Waals surface area contributed by atoms with E-state index < -0.39 is 15.9 Å². The molecule has 0 aliphatic rings. The molecule has 0 saturated heterocycles. The monoisotopic (exact) mass is 325 g/mol. The zero-order chi connectivity index (χ0) is 16.6. The summed E-state index contributed by atoms with van der Waals surface area (Å²) in [6, 6.07) is 8.49. The summed E-state index contributed by atoms with van der Waals surface area (Å²) in [6.45, 7) is 0.299. The van der Waals surface area contributed by atoms with Crippen LogP contribution in [0.1, 0.15) is 12.0 Å². The van der Waals surface area contributed by atoms with E-state index in [1.54, 1.807) is 24.3 Å². The van der Waals surface area contributed by atoms with Gasteiger partial charge in [-0.3, -0.25) is 4.79 Å². The maximum absolute atomic E-state index is 12.0. The number of methoxy groups -OCH3 is 1. The van der Waals surface area contributed by atoms with Gasteiger partial charge in [0.2, 0.25) is 15.9 Å². The molecule has 120 valence electrons. The molecule has 1 amide bonds. The lowest BCUT2D eigenvalue weighted by Gasteiger charge is -2.19. The van der Waals surface area contributed by atoms with Crippen LogP contribution in [0.5, 0.6) is 0 Å². The number of hydrogen-bond donors (Lipinski definition) is 1. The minimum Gasteiger partial charge on any atom is -0.385 e. The maximum atomic E-state index is 12.0. The highest BCUT2D eigenvalue weighted by Crippen LogP contribution is 2.13. The Hall–Kier alpha value is -1.95. The average molecular weight is 325 g/mol. The van der Waals surface area contributed by atoms with Gasteiger partial charge in [0, 0.05) is 20.3 Å². The van der Waals surface area contributed by atoms with E-state index in [-0.39, 0.29) is 13.1 Å². The predicted octanol–water partition coefficient (Wildman–Crippen LogP) is 0.795. The molecule has 1 rings (SSSR count). The lowest BCUT2D eigenvalue weighted by molar-refractivity contribution is -0.116. The lowest BCUT2D eigenvalue weighted by atomic mass is 10.2. The van der Waals surface area contributed by atoms with E-state index in [0.717, 1.165) is 10.6 Å². The van der Waals surface area contributed by atoms with Crippen molar-refractivity contribution in [3.8, 4) is 6.07 Å². The fourth-order valence-corrected chi connectivity index (χ4v) is 2.60. The average Bonchev–Trinajstić information content (AvgIpc) is 2.46. The van der Waals surface area contributed by atoms with Gasteiger partial charge in [-0.15, -0.1) is 0 Å². The third-order valence-corrected chi connectivity index (χ3v) is 4.12. The van der Waals surface area contributed by atoms with Crippen LogP contribution in [0.3, 0.4) is 0 Å². The largest absolute Gasteiger partial charge is 0.385 e. The van der Waals surface area contributed by atoms with Crippen molar-refractivity contribution in [1.29, 1.82) is 5.26 Å². The van der Waals surface area contributed by atoms with Gasteiger partial charge in [0.1, 0.15) is 6.07 Å². The van der Waals surface area contributed by atoms with Crippen molar-refractivity contribution in [1.82, 2.24) is 4.31 Å². The fourth-order valence-electron chi connectivity index (χ4n) is 1.79. The molecule has 7 nitrogen and oxygen atoms in total. The molecule has 0 saturated carbocycles. The van der Waals surface area contributed by atoms with Crippen molar-refractivity contribution in [2.24, 2.45) is 0 Å². The van der Waals surface area contributed by atoms with Crippen molar-refractivity contribution in [2.75, 3.05) is 38.4 Å². The molecule has 1 aromatic rings. The molecular weight excluding hydrogens is 306 g/mol. The summed E-state index contributed by atoms with van der Waals surface area (Å²) in [4.78, 5) is 12.0. The smallest absolute Gasteiger partial charge is 0.239 e. The van der Waals surface area contributed by atoms with Gasteiger partial charge in [-0.1, -0.05) is 12.1 Å². The third kappa shape index (κ3) is 5.81. The van der Waals surface area contributed by atoms with Gasteiger partial charge in [-0.25, -0.2) is 8.42 Å². The molecule has 0 radical (unpaired) electrons. The van der Waals surface area contributed by atoms with Crippen molar-refractivity contribution in [3.63, 3.8) is 0 Å². The van der Waals surface area contributed by atoms with Crippen molar-refractivity contribution in [3.05, 3.63) is 29.8 Å². The number of nitriles is 1. The first-order valence-electron chi connectivity index (χ1n) is 6.61. The van der Waals surface area contributed by atoms with Crippen LogP contribution >= 0.6 is 0 Å². The van der Waals surface area contributed by atoms with Crippen molar-refractivity contribution >= 4 is 21.6 Å². The highest BCUT2D eigenvalue weighted by molar-refractivity contribution is 7.88. The quantitative estimate of drug-likeness (QED) is 0.713. The number of nitrogens with one attached hydrogen (secondary N) is 1. The molecule has 0 aliphatic carbocycles. The SMILES string of the molecule is COCCCN(CC(=O)Nc1ccccc1C#N)S(C)(=O)=O. The third-order valence-electron chi connectivity index (χ3n) is 2.87.